The van der Waals surface area contributed by atoms with Gasteiger partial charge in [-0.1, -0.05) is 26.0 Å². The Labute approximate surface area is 211 Å². The lowest BCUT2D eigenvalue weighted by atomic mass is 9.52. The van der Waals surface area contributed by atoms with Gasteiger partial charge in [-0.25, -0.2) is 9.07 Å². The fourth-order valence-corrected chi connectivity index (χ4v) is 7.45. The van der Waals surface area contributed by atoms with Gasteiger partial charge in [-0.2, -0.15) is 5.10 Å². The monoisotopic (exact) mass is 493 g/mol. The Morgan fingerprint density at radius 2 is 2.00 bits per heavy atom. The molecule has 2 aromatic rings. The summed E-state index contributed by atoms with van der Waals surface area (Å²) in [5.41, 5.74) is 8.81. The molecule has 0 spiro atoms. The van der Waals surface area contributed by atoms with Crippen LogP contribution < -0.4 is 5.73 Å². The van der Waals surface area contributed by atoms with Gasteiger partial charge in [-0.05, 0) is 104 Å². The quantitative estimate of drug-likeness (QED) is 0.535. The van der Waals surface area contributed by atoms with Gasteiger partial charge in [0.25, 0.3) is 5.91 Å². The number of hydrogen-bond acceptors (Lipinski definition) is 4. The Morgan fingerprint density at radius 3 is 2.69 bits per heavy atom. The number of halogens is 1. The normalized spacial score (nSPS) is 30.2. The highest BCUT2D eigenvalue weighted by atomic mass is 19.1. The van der Waals surface area contributed by atoms with Crippen molar-refractivity contribution in [1.82, 2.24) is 9.78 Å². The fraction of sp³-hybridized carbons (Fsp3) is 0.517. The summed E-state index contributed by atoms with van der Waals surface area (Å²) in [6.45, 7) is 4.47. The van der Waals surface area contributed by atoms with E-state index < -0.39 is 17.6 Å². The zero-order valence-electron chi connectivity index (χ0n) is 21.1. The first-order valence-corrected chi connectivity index (χ1v) is 13.0. The second-order valence-electron chi connectivity index (χ2n) is 11.2. The molecule has 7 heteroatoms. The molecule has 36 heavy (non-hydrogen) atoms. The molecule has 4 atom stereocenters. The van der Waals surface area contributed by atoms with E-state index in [1.54, 1.807) is 12.1 Å². The van der Waals surface area contributed by atoms with E-state index in [-0.39, 0.29) is 16.6 Å². The first kappa shape index (κ1) is 24.9. The smallest absolute Gasteiger partial charge is 0.250 e. The number of carbonyl (C=O) groups is 1. The van der Waals surface area contributed by atoms with E-state index >= 15 is 0 Å². The summed E-state index contributed by atoms with van der Waals surface area (Å²) < 4.78 is 15.4. The number of fused-ring (bicyclic) bond motifs is 2. The first-order valence-electron chi connectivity index (χ1n) is 13.0. The lowest BCUT2D eigenvalue weighted by molar-refractivity contribution is -0.124. The molecule has 3 aliphatic carbocycles. The predicted octanol–water partition coefficient (Wildman–Crippen LogP) is 4.31. The highest BCUT2D eigenvalue weighted by Gasteiger charge is 2.65. The Balaban J connectivity index is 1.46. The van der Waals surface area contributed by atoms with Crippen molar-refractivity contribution in [3.63, 3.8) is 0 Å². The number of allylic oxidation sites excluding steroid dienone is 3. The number of benzene rings is 1. The van der Waals surface area contributed by atoms with Gasteiger partial charge < -0.3 is 15.9 Å². The first-order chi connectivity index (χ1) is 17.1. The third-order valence-electron chi connectivity index (χ3n) is 9.54. The van der Waals surface area contributed by atoms with Crippen LogP contribution >= 0.6 is 0 Å². The van der Waals surface area contributed by atoms with Crippen LogP contribution in [0.4, 0.5) is 4.39 Å². The second kappa shape index (κ2) is 8.96. The maximum atomic E-state index is 13.5. The standard InChI is InChI=1S/C29H36FN3O3/c1-3-28-16-20-18-32-33(22-10-8-21(30)9-11-22)24(20)17-27(28,2)14-15-29(28,36)13-12-19-6-4-5-7-23(19)25(34)26(31)35/h4,6,8-11,18,25,34,36H,3,5,7,12-17H2,1-2H3,(H2,31,35)/t25?,27?,28?,29-/m0/s1. The largest absolute Gasteiger partial charge is 0.389 e. The SMILES string of the molecule is CCC12Cc3cnn(-c4ccc(F)cc4)c3CC1(C)CC[C@@]2(O)CCC1=C(C(O)C(N)=O)CCC=C1. The molecule has 1 amide bonds. The van der Waals surface area contributed by atoms with Crippen LogP contribution in [0, 0.1) is 16.6 Å². The number of rotatable bonds is 7. The maximum Gasteiger partial charge on any atom is 0.250 e. The van der Waals surface area contributed by atoms with Crippen LogP contribution in [0.1, 0.15) is 70.1 Å². The summed E-state index contributed by atoms with van der Waals surface area (Å²) in [7, 11) is 0. The Hall–Kier alpha value is -2.77. The summed E-state index contributed by atoms with van der Waals surface area (Å²) in [6, 6.07) is 6.41. The van der Waals surface area contributed by atoms with E-state index in [0.29, 0.717) is 31.3 Å². The maximum absolute atomic E-state index is 13.5. The van der Waals surface area contributed by atoms with Gasteiger partial charge in [0.1, 0.15) is 5.82 Å². The van der Waals surface area contributed by atoms with Crippen LogP contribution in [-0.2, 0) is 17.6 Å². The van der Waals surface area contributed by atoms with Gasteiger partial charge >= 0.3 is 0 Å². The topological polar surface area (TPSA) is 101 Å². The van der Waals surface area contributed by atoms with Gasteiger partial charge in [0.2, 0.25) is 0 Å². The molecule has 1 fully saturated rings. The third kappa shape index (κ3) is 3.75. The van der Waals surface area contributed by atoms with E-state index in [1.165, 1.54) is 12.1 Å². The van der Waals surface area contributed by atoms with Crippen molar-refractivity contribution >= 4 is 5.91 Å². The number of amides is 1. The number of aliphatic hydroxyl groups is 2. The van der Waals surface area contributed by atoms with Gasteiger partial charge in [0.05, 0.1) is 17.5 Å². The van der Waals surface area contributed by atoms with E-state index in [0.717, 1.165) is 54.6 Å². The highest BCUT2D eigenvalue weighted by molar-refractivity contribution is 5.82. The van der Waals surface area contributed by atoms with Crippen LogP contribution in [0.3, 0.4) is 0 Å². The molecule has 1 heterocycles. The Kier molecular flexibility index (Phi) is 6.20. The van der Waals surface area contributed by atoms with Crippen molar-refractivity contribution < 1.29 is 19.4 Å². The number of nitrogens with zero attached hydrogens (tertiary/aromatic N) is 2. The highest BCUT2D eigenvalue weighted by Crippen LogP contribution is 2.66. The third-order valence-corrected chi connectivity index (χ3v) is 9.54. The van der Waals surface area contributed by atoms with Crippen molar-refractivity contribution in [2.75, 3.05) is 0 Å². The molecule has 1 aromatic carbocycles. The lowest BCUT2D eigenvalue weighted by Gasteiger charge is -2.53. The Bertz CT molecular complexity index is 1230. The zero-order valence-corrected chi connectivity index (χ0v) is 21.1. The van der Waals surface area contributed by atoms with Gasteiger partial charge in [0, 0.05) is 11.1 Å². The molecule has 3 unspecified atom stereocenters. The van der Waals surface area contributed by atoms with E-state index in [9.17, 15) is 19.4 Å². The molecule has 0 saturated heterocycles. The van der Waals surface area contributed by atoms with Crippen LogP contribution in [0.2, 0.25) is 0 Å². The van der Waals surface area contributed by atoms with E-state index in [1.807, 2.05) is 17.0 Å². The summed E-state index contributed by atoms with van der Waals surface area (Å²) in [5.74, 6) is -1.00. The summed E-state index contributed by atoms with van der Waals surface area (Å²) in [4.78, 5) is 11.7. The molecule has 0 bridgehead atoms. The van der Waals surface area contributed by atoms with Gasteiger partial charge in [-0.3, -0.25) is 4.79 Å². The zero-order chi connectivity index (χ0) is 25.7. The minimum Gasteiger partial charge on any atom is -0.389 e. The fourth-order valence-electron chi connectivity index (χ4n) is 7.45. The van der Waals surface area contributed by atoms with Gasteiger partial charge in [0.15, 0.2) is 6.10 Å². The molecule has 6 nitrogen and oxygen atoms in total. The summed E-state index contributed by atoms with van der Waals surface area (Å²) in [6.07, 6.45) is 11.2. The second-order valence-corrected chi connectivity index (χ2v) is 11.2. The minimum atomic E-state index is -1.27. The molecule has 192 valence electrons. The molecule has 4 N–H and O–H groups in total. The van der Waals surface area contributed by atoms with Crippen molar-refractivity contribution in [3.05, 3.63) is 70.8 Å². The lowest BCUT2D eigenvalue weighted by Crippen LogP contribution is -2.55. The number of hydrogen-bond donors (Lipinski definition) is 3. The summed E-state index contributed by atoms with van der Waals surface area (Å²) >= 11 is 0. The average molecular weight is 494 g/mol. The summed E-state index contributed by atoms with van der Waals surface area (Å²) in [5, 5.41) is 27.3. The number of aromatic nitrogens is 2. The predicted molar refractivity (Wildman–Crippen MR) is 136 cm³/mol. The van der Waals surface area contributed by atoms with Gasteiger partial charge in [-0.15, -0.1) is 0 Å². The van der Waals surface area contributed by atoms with E-state index in [4.69, 9.17) is 5.73 Å². The van der Waals surface area contributed by atoms with E-state index in [2.05, 4.69) is 25.0 Å². The molecule has 0 aliphatic heterocycles. The van der Waals surface area contributed by atoms with Crippen LogP contribution in [-0.4, -0.2) is 37.6 Å². The molecular weight excluding hydrogens is 457 g/mol. The van der Waals surface area contributed by atoms with Crippen LogP contribution in [0.15, 0.2) is 53.8 Å². The Morgan fingerprint density at radius 1 is 1.25 bits per heavy atom. The van der Waals surface area contributed by atoms with Crippen molar-refractivity contribution in [2.24, 2.45) is 16.6 Å². The number of nitrogens with two attached hydrogens (primary N) is 1. The molecular formula is C29H36FN3O3. The van der Waals surface area contributed by atoms with Crippen molar-refractivity contribution in [2.45, 2.75) is 83.3 Å². The number of primary amides is 1. The molecule has 5 rings (SSSR count). The number of aliphatic hydroxyl groups excluding tert-OH is 1. The average Bonchev–Trinajstić information content (AvgIpc) is 3.37. The number of carbonyl (C=O) groups excluding carboxylic acids is 1. The van der Waals surface area contributed by atoms with Crippen molar-refractivity contribution in [1.29, 1.82) is 0 Å². The van der Waals surface area contributed by atoms with Crippen LogP contribution in [0.25, 0.3) is 5.69 Å². The molecule has 0 radical (unpaired) electrons. The molecule has 3 aliphatic rings. The van der Waals surface area contributed by atoms with Crippen molar-refractivity contribution in [3.8, 4) is 5.69 Å². The molecule has 1 aromatic heterocycles. The van der Waals surface area contributed by atoms with Crippen LogP contribution in [0.5, 0.6) is 0 Å². The minimum absolute atomic E-state index is 0.117. The molecule has 1 saturated carbocycles.